The molecule has 3 rings (SSSR count). The van der Waals surface area contributed by atoms with Gasteiger partial charge in [-0.2, -0.15) is 11.8 Å². The number of amides is 2. The Labute approximate surface area is 133 Å². The summed E-state index contributed by atoms with van der Waals surface area (Å²) >= 11 is 1.80. The highest BCUT2D eigenvalue weighted by Gasteiger charge is 2.34. The maximum Gasteiger partial charge on any atom is 0.261 e. The minimum absolute atomic E-state index is 0.163. The Morgan fingerprint density at radius 1 is 0.955 bits per heavy atom. The molecule has 4 nitrogen and oxygen atoms in total. The van der Waals surface area contributed by atoms with Crippen LogP contribution in [0.1, 0.15) is 39.3 Å². The molecule has 2 aromatic rings. The first-order valence-corrected chi connectivity index (χ1v) is 8.48. The van der Waals surface area contributed by atoms with Gasteiger partial charge in [0.15, 0.2) is 0 Å². The molecule has 0 atom stereocenters. The van der Waals surface area contributed by atoms with E-state index >= 15 is 0 Å². The summed E-state index contributed by atoms with van der Waals surface area (Å²) in [7, 11) is 0. The van der Waals surface area contributed by atoms with Gasteiger partial charge < -0.3 is 4.42 Å². The molecule has 0 unspecified atom stereocenters. The van der Waals surface area contributed by atoms with Crippen molar-refractivity contribution >= 4 is 23.6 Å². The molecule has 114 valence electrons. The molecular weight excluding hydrogens is 298 g/mol. The third-order valence-electron chi connectivity index (χ3n) is 3.62. The molecule has 0 radical (unpaired) electrons. The number of hydrogen-bond acceptors (Lipinski definition) is 4. The van der Waals surface area contributed by atoms with E-state index in [1.54, 1.807) is 42.3 Å². The molecular formula is C17H17NO3S. The summed E-state index contributed by atoms with van der Waals surface area (Å²) in [5.74, 6) is 2.50. The van der Waals surface area contributed by atoms with Gasteiger partial charge >= 0.3 is 0 Å². The summed E-state index contributed by atoms with van der Waals surface area (Å²) in [5, 5.41) is 0. The molecule has 5 heteroatoms. The maximum atomic E-state index is 12.2. The van der Waals surface area contributed by atoms with Crippen LogP contribution in [0.5, 0.6) is 0 Å². The number of imide groups is 1. The van der Waals surface area contributed by atoms with Gasteiger partial charge in [0, 0.05) is 6.54 Å². The van der Waals surface area contributed by atoms with Crippen LogP contribution < -0.4 is 0 Å². The van der Waals surface area contributed by atoms with Crippen LogP contribution in [0, 0.1) is 0 Å². The number of carbonyl (C=O) groups is 2. The molecule has 2 heterocycles. The van der Waals surface area contributed by atoms with Gasteiger partial charge in [-0.1, -0.05) is 12.1 Å². The van der Waals surface area contributed by atoms with Gasteiger partial charge in [-0.25, -0.2) is 0 Å². The number of hydrogen-bond donors (Lipinski definition) is 0. The van der Waals surface area contributed by atoms with Crippen molar-refractivity contribution in [1.29, 1.82) is 0 Å². The van der Waals surface area contributed by atoms with Crippen molar-refractivity contribution in [3.63, 3.8) is 0 Å². The second-order valence-corrected chi connectivity index (χ2v) is 6.25. The van der Waals surface area contributed by atoms with Crippen molar-refractivity contribution < 1.29 is 14.0 Å². The zero-order valence-electron chi connectivity index (χ0n) is 12.2. The molecule has 0 bridgehead atoms. The minimum atomic E-state index is -0.163. The SMILES string of the molecule is O=C1c2ccccc2C(=O)N1CCCCSCc1ccco1. The van der Waals surface area contributed by atoms with E-state index in [9.17, 15) is 9.59 Å². The lowest BCUT2D eigenvalue weighted by atomic mass is 10.1. The van der Waals surface area contributed by atoms with E-state index in [0.717, 1.165) is 30.1 Å². The van der Waals surface area contributed by atoms with Crippen LogP contribution in [0.25, 0.3) is 0 Å². The molecule has 1 aliphatic heterocycles. The first-order chi connectivity index (χ1) is 10.8. The Morgan fingerprint density at radius 3 is 2.32 bits per heavy atom. The molecule has 0 spiro atoms. The fraction of sp³-hybridized carbons (Fsp3) is 0.294. The zero-order chi connectivity index (χ0) is 15.4. The normalized spacial score (nSPS) is 13.7. The summed E-state index contributed by atoms with van der Waals surface area (Å²) in [5.41, 5.74) is 1.05. The summed E-state index contributed by atoms with van der Waals surface area (Å²) in [4.78, 5) is 25.7. The van der Waals surface area contributed by atoms with Crippen LogP contribution in [-0.4, -0.2) is 29.0 Å². The molecule has 0 N–H and O–H groups in total. The molecule has 1 aromatic heterocycles. The molecule has 0 saturated heterocycles. The van der Waals surface area contributed by atoms with Gasteiger partial charge in [-0.15, -0.1) is 0 Å². The van der Waals surface area contributed by atoms with E-state index in [2.05, 4.69) is 0 Å². The second-order valence-electron chi connectivity index (χ2n) is 5.15. The fourth-order valence-electron chi connectivity index (χ4n) is 2.48. The van der Waals surface area contributed by atoms with Gasteiger partial charge in [0.1, 0.15) is 5.76 Å². The van der Waals surface area contributed by atoms with E-state index in [1.807, 2.05) is 12.1 Å². The third-order valence-corrected chi connectivity index (χ3v) is 4.69. The first-order valence-electron chi connectivity index (χ1n) is 7.33. The Balaban J connectivity index is 1.41. The van der Waals surface area contributed by atoms with Crippen LogP contribution in [0.3, 0.4) is 0 Å². The van der Waals surface area contributed by atoms with E-state index in [-0.39, 0.29) is 11.8 Å². The van der Waals surface area contributed by atoms with Gasteiger partial charge in [-0.05, 0) is 42.9 Å². The average Bonchev–Trinajstić information content (AvgIpc) is 3.13. The number of nitrogens with zero attached hydrogens (tertiary/aromatic N) is 1. The Morgan fingerprint density at radius 2 is 1.68 bits per heavy atom. The topological polar surface area (TPSA) is 50.5 Å². The smallest absolute Gasteiger partial charge is 0.261 e. The zero-order valence-corrected chi connectivity index (χ0v) is 13.0. The number of furan rings is 1. The van der Waals surface area contributed by atoms with Gasteiger partial charge in [0.2, 0.25) is 0 Å². The maximum absolute atomic E-state index is 12.2. The monoisotopic (exact) mass is 315 g/mol. The largest absolute Gasteiger partial charge is 0.468 e. The number of fused-ring (bicyclic) bond motifs is 1. The lowest BCUT2D eigenvalue weighted by molar-refractivity contribution is 0.0652. The Bertz CT molecular complexity index is 631. The minimum Gasteiger partial charge on any atom is -0.468 e. The highest BCUT2D eigenvalue weighted by molar-refractivity contribution is 7.98. The summed E-state index contributed by atoms with van der Waals surface area (Å²) in [6.45, 7) is 0.494. The molecule has 1 aliphatic rings. The first kappa shape index (κ1) is 14.9. The number of carbonyl (C=O) groups excluding carboxylic acids is 2. The molecule has 0 aliphatic carbocycles. The lowest BCUT2D eigenvalue weighted by Gasteiger charge is -2.13. The van der Waals surface area contributed by atoms with Crippen molar-refractivity contribution in [3.05, 3.63) is 59.5 Å². The number of unbranched alkanes of at least 4 members (excludes halogenated alkanes) is 1. The highest BCUT2D eigenvalue weighted by Crippen LogP contribution is 2.23. The van der Waals surface area contributed by atoms with E-state index < -0.39 is 0 Å². The van der Waals surface area contributed by atoms with Crippen LogP contribution in [0.4, 0.5) is 0 Å². The lowest BCUT2D eigenvalue weighted by Crippen LogP contribution is -2.30. The quantitative estimate of drug-likeness (QED) is 0.579. The standard InChI is InChI=1S/C17H17NO3S/c19-16-14-7-1-2-8-15(14)17(20)18(16)9-3-4-11-22-12-13-6-5-10-21-13/h1-2,5-8,10H,3-4,9,11-12H2. The van der Waals surface area contributed by atoms with E-state index in [4.69, 9.17) is 4.42 Å². The molecule has 2 amide bonds. The van der Waals surface area contributed by atoms with Crippen molar-refractivity contribution in [1.82, 2.24) is 4.90 Å². The molecule has 1 aromatic carbocycles. The van der Waals surface area contributed by atoms with Crippen molar-refractivity contribution in [2.45, 2.75) is 18.6 Å². The van der Waals surface area contributed by atoms with Gasteiger partial charge in [0.05, 0.1) is 23.1 Å². The van der Waals surface area contributed by atoms with Gasteiger partial charge in [-0.3, -0.25) is 14.5 Å². The summed E-state index contributed by atoms with van der Waals surface area (Å²) < 4.78 is 5.27. The fourth-order valence-corrected chi connectivity index (χ4v) is 3.40. The Kier molecular flexibility index (Phi) is 4.63. The number of rotatable bonds is 7. The van der Waals surface area contributed by atoms with Crippen LogP contribution in [-0.2, 0) is 5.75 Å². The summed E-state index contributed by atoms with van der Waals surface area (Å²) in [6.07, 6.45) is 3.48. The molecule has 0 fully saturated rings. The predicted molar refractivity (Wildman–Crippen MR) is 85.9 cm³/mol. The second kappa shape index (κ2) is 6.83. The summed E-state index contributed by atoms with van der Waals surface area (Å²) in [6, 6.07) is 10.9. The number of benzene rings is 1. The molecule has 0 saturated carbocycles. The molecule has 22 heavy (non-hydrogen) atoms. The highest BCUT2D eigenvalue weighted by atomic mass is 32.2. The third kappa shape index (κ3) is 3.09. The van der Waals surface area contributed by atoms with Crippen LogP contribution in [0.15, 0.2) is 47.1 Å². The van der Waals surface area contributed by atoms with E-state index in [0.29, 0.717) is 17.7 Å². The van der Waals surface area contributed by atoms with Gasteiger partial charge in [0.25, 0.3) is 11.8 Å². The average molecular weight is 315 g/mol. The van der Waals surface area contributed by atoms with Crippen LogP contribution >= 0.6 is 11.8 Å². The number of thioether (sulfide) groups is 1. The van der Waals surface area contributed by atoms with Crippen LogP contribution in [0.2, 0.25) is 0 Å². The van der Waals surface area contributed by atoms with E-state index in [1.165, 1.54) is 4.90 Å². The Hall–Kier alpha value is -2.01. The van der Waals surface area contributed by atoms with Crippen molar-refractivity contribution in [2.24, 2.45) is 0 Å². The van der Waals surface area contributed by atoms with Crippen molar-refractivity contribution in [2.75, 3.05) is 12.3 Å². The predicted octanol–water partition coefficient (Wildman–Crippen LogP) is 3.59. The van der Waals surface area contributed by atoms with Crippen molar-refractivity contribution in [3.8, 4) is 0 Å².